The highest BCUT2D eigenvalue weighted by molar-refractivity contribution is 6.09. The van der Waals surface area contributed by atoms with Crippen molar-refractivity contribution < 1.29 is 33.5 Å². The molecule has 9 nitrogen and oxygen atoms in total. The van der Waals surface area contributed by atoms with Crippen molar-refractivity contribution in [1.29, 1.82) is 0 Å². The largest absolute Gasteiger partial charge is 0.456 e. The van der Waals surface area contributed by atoms with E-state index in [0.717, 1.165) is 43.4 Å². The fraction of sp³-hybridized carbons (Fsp3) is 0.625. The van der Waals surface area contributed by atoms with Crippen LogP contribution in [-0.2, 0) is 28.7 Å². The maximum Gasteiger partial charge on any atom is 0.329 e. The molecule has 4 bridgehead atoms. The summed E-state index contributed by atoms with van der Waals surface area (Å²) < 4.78 is 5.41. The average molecular weight is 561 g/mol. The first kappa shape index (κ1) is 26.5. The zero-order chi connectivity index (χ0) is 28.4. The van der Waals surface area contributed by atoms with E-state index in [-0.39, 0.29) is 77.9 Å². The lowest BCUT2D eigenvalue weighted by Crippen LogP contribution is -2.47. The van der Waals surface area contributed by atoms with E-state index in [9.17, 15) is 28.8 Å². The van der Waals surface area contributed by atoms with Crippen LogP contribution in [0.3, 0.4) is 0 Å². The third kappa shape index (κ3) is 4.17. The second-order valence-electron chi connectivity index (χ2n) is 13.1. The number of carbonyl (C=O) groups is 6. The Balaban J connectivity index is 1.02. The van der Waals surface area contributed by atoms with Crippen molar-refractivity contribution in [2.45, 2.75) is 63.8 Å². The van der Waals surface area contributed by atoms with Crippen molar-refractivity contribution in [2.24, 2.45) is 47.3 Å². The minimum atomic E-state index is -1.12. The Kier molecular flexibility index (Phi) is 6.58. The highest BCUT2D eigenvalue weighted by Gasteiger charge is 2.63. The smallest absolute Gasteiger partial charge is 0.329 e. The number of benzene rings is 1. The minimum absolute atomic E-state index is 0.0595. The van der Waals surface area contributed by atoms with Gasteiger partial charge in [-0.25, -0.2) is 4.79 Å². The molecule has 41 heavy (non-hydrogen) atoms. The van der Waals surface area contributed by atoms with E-state index in [1.54, 1.807) is 30.3 Å². The number of ether oxygens (including phenoxy) is 1. The molecule has 0 aromatic heterocycles. The van der Waals surface area contributed by atoms with Crippen LogP contribution in [0.25, 0.3) is 0 Å². The summed E-state index contributed by atoms with van der Waals surface area (Å²) in [5.74, 6) is -1.87. The maximum absolute atomic E-state index is 13.5. The van der Waals surface area contributed by atoms with Crippen LogP contribution in [-0.4, -0.2) is 64.4 Å². The molecule has 9 heteroatoms. The first-order valence-electron chi connectivity index (χ1n) is 15.3. The summed E-state index contributed by atoms with van der Waals surface area (Å²) in [6.07, 6.45) is 6.84. The van der Waals surface area contributed by atoms with Crippen LogP contribution in [0, 0.1) is 47.3 Å². The lowest BCUT2D eigenvalue weighted by Gasteiger charge is -2.26. The number of likely N-dealkylation sites (tertiary alicyclic amines) is 2. The van der Waals surface area contributed by atoms with Gasteiger partial charge >= 0.3 is 5.97 Å². The number of carbonyl (C=O) groups excluding carboxylic acids is 6. The minimum Gasteiger partial charge on any atom is -0.456 e. The number of nitrogens with zero attached hydrogens (tertiary/aromatic N) is 2. The molecule has 2 aliphatic heterocycles. The van der Waals surface area contributed by atoms with E-state index in [1.165, 1.54) is 4.90 Å². The van der Waals surface area contributed by atoms with Gasteiger partial charge in [-0.15, -0.1) is 0 Å². The molecule has 1 aromatic carbocycles. The molecule has 4 aliphatic carbocycles. The number of hydrogen-bond acceptors (Lipinski definition) is 7. The molecule has 1 aromatic rings. The van der Waals surface area contributed by atoms with Crippen molar-refractivity contribution in [2.75, 3.05) is 13.2 Å². The molecular formula is C32H36N2O7. The van der Waals surface area contributed by atoms with Gasteiger partial charge in [-0.2, -0.15) is 0 Å². The van der Waals surface area contributed by atoms with Gasteiger partial charge in [0.2, 0.25) is 23.6 Å². The first-order chi connectivity index (χ1) is 19.8. The second-order valence-corrected chi connectivity index (χ2v) is 13.1. The number of amides is 4. The van der Waals surface area contributed by atoms with Gasteiger partial charge in [0, 0.05) is 12.1 Å². The van der Waals surface area contributed by atoms with E-state index in [0.29, 0.717) is 30.2 Å². The van der Waals surface area contributed by atoms with E-state index >= 15 is 0 Å². The third-order valence-electron chi connectivity index (χ3n) is 11.1. The quantitative estimate of drug-likeness (QED) is 0.187. The third-order valence-corrected chi connectivity index (χ3v) is 11.1. The fourth-order valence-electron chi connectivity index (χ4n) is 9.33. The van der Waals surface area contributed by atoms with Gasteiger partial charge in [-0.1, -0.05) is 30.3 Å². The standard InChI is InChI=1S/C32H36N2O7/c35-23(17-6-2-1-3-7-17)16-41-32(40)22(34-30(38)26-20-11-12-21(15-20)27(26)31(34)39)8-4-5-13-33-28(36)24-18-9-10-19(14-18)25(24)29(33)37/h1-3,6-7,18-22,24-27H,4-5,8-16H2/t18-,19-,20-,21-,22-,24-,25+,26-,27-/m0/s1. The molecule has 0 radical (unpaired) electrons. The molecule has 2 saturated heterocycles. The Bertz CT molecular complexity index is 1250. The molecule has 9 atom stereocenters. The molecule has 6 aliphatic rings. The number of esters is 1. The van der Waals surface area contributed by atoms with E-state index in [4.69, 9.17) is 4.74 Å². The van der Waals surface area contributed by atoms with Crippen LogP contribution in [0.4, 0.5) is 0 Å². The van der Waals surface area contributed by atoms with Crippen LogP contribution in [0.15, 0.2) is 30.3 Å². The molecule has 216 valence electrons. The molecule has 0 spiro atoms. The Morgan fingerprint density at radius 2 is 1.24 bits per heavy atom. The Hall–Kier alpha value is -3.36. The molecular weight excluding hydrogens is 524 g/mol. The van der Waals surface area contributed by atoms with Crippen molar-refractivity contribution in [1.82, 2.24) is 9.80 Å². The molecule has 0 unspecified atom stereocenters. The van der Waals surface area contributed by atoms with Crippen LogP contribution in [0.1, 0.15) is 68.1 Å². The number of fused-ring (bicyclic) bond motifs is 10. The second kappa shape index (κ2) is 10.2. The van der Waals surface area contributed by atoms with Gasteiger partial charge in [-0.3, -0.25) is 33.8 Å². The Labute approximate surface area is 238 Å². The Morgan fingerprint density at radius 1 is 0.732 bits per heavy atom. The molecule has 2 heterocycles. The van der Waals surface area contributed by atoms with Crippen molar-refractivity contribution in [3.63, 3.8) is 0 Å². The number of imide groups is 2. The SMILES string of the molecule is O=C(COC(=O)[C@H](CCCCN1C(=O)[C@@H]2[C@H]3CC[C@@H](C3)[C@@H]2C1=O)N1C(=O)[C@H]2[C@H]3CC[C@@H](C3)[C@@H]2C1=O)c1ccccc1. The lowest BCUT2D eigenvalue weighted by atomic mass is 9.81. The summed E-state index contributed by atoms with van der Waals surface area (Å²) in [4.78, 5) is 81.7. The van der Waals surface area contributed by atoms with Gasteiger partial charge in [0.25, 0.3) is 0 Å². The van der Waals surface area contributed by atoms with Gasteiger partial charge < -0.3 is 4.74 Å². The van der Waals surface area contributed by atoms with Crippen molar-refractivity contribution in [3.05, 3.63) is 35.9 Å². The van der Waals surface area contributed by atoms with Gasteiger partial charge in [0.1, 0.15) is 6.04 Å². The number of rotatable bonds is 10. The highest BCUT2D eigenvalue weighted by Crippen LogP contribution is 2.57. The van der Waals surface area contributed by atoms with Gasteiger partial charge in [0.05, 0.1) is 23.7 Å². The fourth-order valence-corrected chi connectivity index (χ4v) is 9.33. The predicted octanol–water partition coefficient (Wildman–Crippen LogP) is 3.01. The topological polar surface area (TPSA) is 118 Å². The highest BCUT2D eigenvalue weighted by atomic mass is 16.5. The zero-order valence-corrected chi connectivity index (χ0v) is 23.1. The van der Waals surface area contributed by atoms with E-state index in [2.05, 4.69) is 0 Å². The number of hydrogen-bond donors (Lipinski definition) is 0. The molecule has 0 N–H and O–H groups in total. The average Bonchev–Trinajstić information content (AvgIpc) is 3.83. The predicted molar refractivity (Wildman–Crippen MR) is 144 cm³/mol. The maximum atomic E-state index is 13.5. The summed E-state index contributed by atoms with van der Waals surface area (Å²) in [5.41, 5.74) is 0.412. The summed E-state index contributed by atoms with van der Waals surface area (Å²) in [7, 11) is 0. The molecule has 4 saturated carbocycles. The number of unbranched alkanes of at least 4 members (excludes halogenated alkanes) is 1. The van der Waals surface area contributed by atoms with Gasteiger partial charge in [-0.05, 0) is 81.5 Å². The summed E-state index contributed by atoms with van der Waals surface area (Å²) in [5, 5.41) is 0. The number of Topliss-reactive ketones (excluding diaryl/α,β-unsaturated/α-hetero) is 1. The molecule has 7 rings (SSSR count). The van der Waals surface area contributed by atoms with Crippen LogP contribution in [0.2, 0.25) is 0 Å². The van der Waals surface area contributed by atoms with Crippen LogP contribution >= 0.6 is 0 Å². The van der Waals surface area contributed by atoms with Crippen LogP contribution < -0.4 is 0 Å². The summed E-state index contributed by atoms with van der Waals surface area (Å²) in [6, 6.07) is 7.38. The number of ketones is 1. The summed E-state index contributed by atoms with van der Waals surface area (Å²) in [6.45, 7) is -0.203. The van der Waals surface area contributed by atoms with Gasteiger partial charge in [0.15, 0.2) is 12.4 Å². The van der Waals surface area contributed by atoms with E-state index in [1.807, 2.05) is 0 Å². The first-order valence-corrected chi connectivity index (χ1v) is 15.3. The zero-order valence-electron chi connectivity index (χ0n) is 23.1. The monoisotopic (exact) mass is 560 g/mol. The van der Waals surface area contributed by atoms with E-state index < -0.39 is 18.6 Å². The van der Waals surface area contributed by atoms with Crippen molar-refractivity contribution in [3.8, 4) is 0 Å². The van der Waals surface area contributed by atoms with Crippen LogP contribution in [0.5, 0.6) is 0 Å². The molecule has 4 amide bonds. The molecule has 6 fully saturated rings. The lowest BCUT2D eigenvalue weighted by molar-refractivity contribution is -0.159. The summed E-state index contributed by atoms with van der Waals surface area (Å²) >= 11 is 0. The Morgan fingerprint density at radius 3 is 1.78 bits per heavy atom. The van der Waals surface area contributed by atoms with Crippen molar-refractivity contribution >= 4 is 35.4 Å². The normalized spacial score (nSPS) is 35.4.